The highest BCUT2D eigenvalue weighted by molar-refractivity contribution is 7.98. The summed E-state index contributed by atoms with van der Waals surface area (Å²) in [7, 11) is -4.02. The molecule has 0 unspecified atom stereocenters. The molecule has 3 aromatic rings. The van der Waals surface area contributed by atoms with Gasteiger partial charge in [-0.1, -0.05) is 6.07 Å². The molecule has 0 bridgehead atoms. The van der Waals surface area contributed by atoms with Crippen LogP contribution in [0.5, 0.6) is 0 Å². The van der Waals surface area contributed by atoms with Gasteiger partial charge in [-0.3, -0.25) is 9.52 Å². The van der Waals surface area contributed by atoms with E-state index in [0.717, 1.165) is 29.2 Å². The molecule has 3 rings (SSSR count). The molecule has 0 aliphatic heterocycles. The minimum absolute atomic E-state index is 0.137. The first-order valence-corrected chi connectivity index (χ1v) is 11.0. The first-order valence-electron chi connectivity index (χ1n) is 8.32. The highest BCUT2D eigenvalue weighted by Gasteiger charge is 2.18. The summed E-state index contributed by atoms with van der Waals surface area (Å²) in [5, 5.41) is 2.34. The summed E-state index contributed by atoms with van der Waals surface area (Å²) < 4.78 is 54.8. The van der Waals surface area contributed by atoms with Gasteiger partial charge in [0, 0.05) is 16.1 Å². The lowest BCUT2D eigenvalue weighted by molar-refractivity contribution is 0.102. The van der Waals surface area contributed by atoms with Crippen molar-refractivity contribution in [2.45, 2.75) is 9.79 Å². The number of sulfonamides is 1. The monoisotopic (exact) mass is 434 g/mol. The van der Waals surface area contributed by atoms with Crippen LogP contribution in [-0.2, 0) is 10.0 Å². The fourth-order valence-electron chi connectivity index (χ4n) is 2.46. The molecule has 0 atom stereocenters. The molecular weight excluding hydrogens is 418 g/mol. The van der Waals surface area contributed by atoms with Gasteiger partial charge in [0.1, 0.15) is 11.6 Å². The van der Waals surface area contributed by atoms with Crippen molar-refractivity contribution in [2.75, 3.05) is 16.3 Å². The van der Waals surface area contributed by atoms with Crippen LogP contribution in [0.15, 0.2) is 76.5 Å². The Bertz CT molecular complexity index is 1150. The lowest BCUT2D eigenvalue weighted by Gasteiger charge is -2.11. The van der Waals surface area contributed by atoms with Crippen LogP contribution in [-0.4, -0.2) is 20.6 Å². The average molecular weight is 434 g/mol. The highest BCUT2D eigenvalue weighted by atomic mass is 32.2. The van der Waals surface area contributed by atoms with Crippen molar-refractivity contribution in [3.05, 3.63) is 83.9 Å². The van der Waals surface area contributed by atoms with Crippen LogP contribution in [0.1, 0.15) is 10.4 Å². The minimum Gasteiger partial charge on any atom is -0.319 e. The normalized spacial score (nSPS) is 11.1. The van der Waals surface area contributed by atoms with Gasteiger partial charge in [-0.15, -0.1) is 11.8 Å². The number of carbonyl (C=O) groups is 1. The lowest BCUT2D eigenvalue weighted by atomic mass is 10.2. The van der Waals surface area contributed by atoms with Crippen LogP contribution in [0.3, 0.4) is 0 Å². The van der Waals surface area contributed by atoms with Gasteiger partial charge in [0.25, 0.3) is 15.9 Å². The number of anilines is 2. The van der Waals surface area contributed by atoms with E-state index in [9.17, 15) is 22.0 Å². The van der Waals surface area contributed by atoms with Gasteiger partial charge in [-0.25, -0.2) is 17.2 Å². The maximum absolute atomic E-state index is 14.4. The van der Waals surface area contributed by atoms with Crippen LogP contribution >= 0.6 is 11.8 Å². The molecule has 0 heterocycles. The highest BCUT2D eigenvalue weighted by Crippen LogP contribution is 2.24. The number of thioether (sulfide) groups is 1. The van der Waals surface area contributed by atoms with Crippen LogP contribution in [0, 0.1) is 11.6 Å². The van der Waals surface area contributed by atoms with E-state index in [-0.39, 0.29) is 16.1 Å². The lowest BCUT2D eigenvalue weighted by Crippen LogP contribution is -2.15. The molecule has 5 nitrogen and oxygen atoms in total. The van der Waals surface area contributed by atoms with Gasteiger partial charge in [-0.05, 0) is 66.9 Å². The molecule has 1 amide bonds. The Balaban J connectivity index is 1.79. The third kappa shape index (κ3) is 5.12. The van der Waals surface area contributed by atoms with Crippen LogP contribution in [0.4, 0.5) is 20.2 Å². The molecule has 3 aromatic carbocycles. The number of hydrogen-bond donors (Lipinski definition) is 2. The summed E-state index contributed by atoms with van der Waals surface area (Å²) in [6.07, 6.45) is 1.86. The zero-order valence-corrected chi connectivity index (χ0v) is 16.8. The molecule has 0 saturated carbocycles. The van der Waals surface area contributed by atoms with Crippen molar-refractivity contribution >= 4 is 39.1 Å². The molecule has 0 aliphatic rings. The van der Waals surface area contributed by atoms with Crippen molar-refractivity contribution in [2.24, 2.45) is 0 Å². The minimum atomic E-state index is -4.02. The number of carbonyl (C=O) groups excluding carboxylic acids is 1. The third-order valence-corrected chi connectivity index (χ3v) is 6.03. The molecule has 0 aromatic heterocycles. The van der Waals surface area contributed by atoms with Gasteiger partial charge in [-0.2, -0.15) is 0 Å². The van der Waals surface area contributed by atoms with Crippen LogP contribution in [0.2, 0.25) is 0 Å². The first kappa shape index (κ1) is 20.8. The molecule has 2 N–H and O–H groups in total. The topological polar surface area (TPSA) is 75.3 Å². The molecule has 9 heteroatoms. The van der Waals surface area contributed by atoms with E-state index in [1.807, 2.05) is 12.3 Å². The van der Waals surface area contributed by atoms with E-state index in [0.29, 0.717) is 5.69 Å². The van der Waals surface area contributed by atoms with Crippen LogP contribution < -0.4 is 10.0 Å². The van der Waals surface area contributed by atoms with E-state index in [4.69, 9.17) is 0 Å². The number of amides is 1. The molecule has 0 aliphatic carbocycles. The molecule has 0 fully saturated rings. The SMILES string of the molecule is CSc1cccc(NS(=O)(=O)c2ccc(NC(=O)c3ccc(F)cc3)c(F)c2)c1. The summed E-state index contributed by atoms with van der Waals surface area (Å²) in [5.41, 5.74) is 0.298. The van der Waals surface area contributed by atoms with E-state index in [2.05, 4.69) is 10.0 Å². The van der Waals surface area contributed by atoms with Gasteiger partial charge in [0.05, 0.1) is 10.6 Å². The summed E-state index contributed by atoms with van der Waals surface area (Å²) >= 11 is 1.46. The summed E-state index contributed by atoms with van der Waals surface area (Å²) in [6, 6.07) is 14.7. The number of halogens is 2. The number of nitrogens with one attached hydrogen (secondary N) is 2. The molecule has 0 saturated heterocycles. The van der Waals surface area contributed by atoms with Gasteiger partial charge < -0.3 is 5.32 Å². The summed E-state index contributed by atoms with van der Waals surface area (Å²) in [5.74, 6) is -2.06. The molecule has 150 valence electrons. The van der Waals surface area contributed by atoms with Crippen molar-refractivity contribution in [3.8, 4) is 0 Å². The van der Waals surface area contributed by atoms with Crippen molar-refractivity contribution in [1.82, 2.24) is 0 Å². The Morgan fingerprint density at radius 1 is 0.966 bits per heavy atom. The second kappa shape index (κ2) is 8.62. The average Bonchev–Trinajstić information content (AvgIpc) is 2.69. The Labute approximate surface area is 171 Å². The Morgan fingerprint density at radius 3 is 2.34 bits per heavy atom. The van der Waals surface area contributed by atoms with Crippen molar-refractivity contribution < 1.29 is 22.0 Å². The Kier molecular flexibility index (Phi) is 6.19. The standard InChI is InChI=1S/C20H16F2N2O3S2/c1-28-16-4-2-3-15(11-16)24-29(26,27)17-9-10-19(18(22)12-17)23-20(25)13-5-7-14(21)8-6-13/h2-12,24H,1H3,(H,23,25). The maximum Gasteiger partial charge on any atom is 0.261 e. The predicted molar refractivity (Wildman–Crippen MR) is 110 cm³/mol. The molecule has 0 radical (unpaired) electrons. The fraction of sp³-hybridized carbons (Fsp3) is 0.0500. The van der Waals surface area contributed by atoms with Gasteiger partial charge in [0.15, 0.2) is 0 Å². The molecule has 29 heavy (non-hydrogen) atoms. The van der Waals surface area contributed by atoms with Crippen molar-refractivity contribution in [3.63, 3.8) is 0 Å². The van der Waals surface area contributed by atoms with E-state index in [1.165, 1.54) is 30.0 Å². The van der Waals surface area contributed by atoms with Crippen LogP contribution in [0.25, 0.3) is 0 Å². The third-order valence-electron chi connectivity index (χ3n) is 3.93. The molecule has 0 spiro atoms. The largest absolute Gasteiger partial charge is 0.319 e. The van der Waals surface area contributed by atoms with Gasteiger partial charge >= 0.3 is 0 Å². The van der Waals surface area contributed by atoms with E-state index >= 15 is 0 Å². The predicted octanol–water partition coefficient (Wildman–Crippen LogP) is 4.74. The first-order chi connectivity index (χ1) is 13.8. The van der Waals surface area contributed by atoms with E-state index < -0.39 is 27.6 Å². The zero-order chi connectivity index (χ0) is 21.0. The molecular formula is C20H16F2N2O3S2. The maximum atomic E-state index is 14.4. The van der Waals surface area contributed by atoms with E-state index in [1.54, 1.807) is 18.2 Å². The Hall–Kier alpha value is -2.91. The second-order valence-corrected chi connectivity index (χ2v) is 8.50. The second-order valence-electron chi connectivity index (χ2n) is 5.94. The quantitative estimate of drug-likeness (QED) is 0.550. The Morgan fingerprint density at radius 2 is 1.69 bits per heavy atom. The van der Waals surface area contributed by atoms with Gasteiger partial charge in [0.2, 0.25) is 0 Å². The number of benzene rings is 3. The number of rotatable bonds is 6. The summed E-state index contributed by atoms with van der Waals surface area (Å²) in [4.78, 5) is 12.7. The summed E-state index contributed by atoms with van der Waals surface area (Å²) in [6.45, 7) is 0. The van der Waals surface area contributed by atoms with Crippen molar-refractivity contribution in [1.29, 1.82) is 0 Å². The number of hydrogen-bond acceptors (Lipinski definition) is 4. The smallest absolute Gasteiger partial charge is 0.261 e. The zero-order valence-electron chi connectivity index (χ0n) is 15.1. The fourth-order valence-corrected chi connectivity index (χ4v) is 3.98.